The second-order valence-corrected chi connectivity index (χ2v) is 9.64. The first kappa shape index (κ1) is 22.6. The molecule has 0 atom stereocenters. The van der Waals surface area contributed by atoms with Gasteiger partial charge in [-0.3, -0.25) is 0 Å². The smallest absolute Gasteiger partial charge is 0.497 e. The summed E-state index contributed by atoms with van der Waals surface area (Å²) in [6.07, 6.45) is 0. The molecular formula is C20H15F3O6S2. The molecule has 0 unspecified atom stereocenters. The predicted octanol–water partition coefficient (Wildman–Crippen LogP) is 4.42. The first-order valence-electron chi connectivity index (χ1n) is 8.55. The fourth-order valence-corrected chi connectivity index (χ4v) is 4.55. The summed E-state index contributed by atoms with van der Waals surface area (Å²) in [4.78, 5) is -0.953. The van der Waals surface area contributed by atoms with Gasteiger partial charge in [-0.25, -0.2) is 8.42 Å². The minimum atomic E-state index is -6.04. The SMILES string of the molecule is COc1ccc(-c2ccc(S(=O)(=O)c3ccccc3OS(=O)(=O)C(F)(F)F)cc2)cc1. The fourth-order valence-electron chi connectivity index (χ4n) is 2.64. The van der Waals surface area contributed by atoms with Gasteiger partial charge in [-0.1, -0.05) is 36.4 Å². The van der Waals surface area contributed by atoms with Crippen molar-refractivity contribution in [3.8, 4) is 22.6 Å². The molecule has 31 heavy (non-hydrogen) atoms. The van der Waals surface area contributed by atoms with Gasteiger partial charge in [0.05, 0.1) is 12.0 Å². The van der Waals surface area contributed by atoms with Crippen molar-refractivity contribution in [1.82, 2.24) is 0 Å². The van der Waals surface area contributed by atoms with Crippen LogP contribution in [0.2, 0.25) is 0 Å². The van der Waals surface area contributed by atoms with E-state index in [0.29, 0.717) is 11.3 Å². The maximum Gasteiger partial charge on any atom is 0.534 e. The summed E-state index contributed by atoms with van der Waals surface area (Å²) in [5, 5.41) is 0. The van der Waals surface area contributed by atoms with Crippen LogP contribution in [0.1, 0.15) is 0 Å². The molecule has 0 aliphatic rings. The maximum atomic E-state index is 12.9. The Morgan fingerprint density at radius 3 is 1.77 bits per heavy atom. The number of benzene rings is 3. The van der Waals surface area contributed by atoms with Crippen molar-refractivity contribution in [2.24, 2.45) is 0 Å². The van der Waals surface area contributed by atoms with Crippen LogP contribution in [-0.4, -0.2) is 29.5 Å². The van der Waals surface area contributed by atoms with Gasteiger partial charge in [-0.2, -0.15) is 21.6 Å². The van der Waals surface area contributed by atoms with Crippen molar-refractivity contribution in [3.63, 3.8) is 0 Å². The third kappa shape index (κ3) is 4.67. The molecule has 3 aromatic carbocycles. The Morgan fingerprint density at radius 1 is 0.742 bits per heavy atom. The highest BCUT2D eigenvalue weighted by Crippen LogP contribution is 2.34. The standard InChI is InChI=1S/C20H15F3O6S2/c1-28-16-10-6-14(7-11-16)15-8-12-17(13-9-15)30(24,25)19-5-3-2-4-18(19)29-31(26,27)20(21,22)23/h2-13H,1H3. The van der Waals surface area contributed by atoms with Gasteiger partial charge in [-0.05, 0) is 47.5 Å². The maximum absolute atomic E-state index is 12.9. The summed E-state index contributed by atoms with van der Waals surface area (Å²) >= 11 is 0. The summed E-state index contributed by atoms with van der Waals surface area (Å²) in [7, 11) is -8.89. The van der Waals surface area contributed by atoms with Crippen LogP contribution < -0.4 is 8.92 Å². The molecule has 0 fully saturated rings. The van der Waals surface area contributed by atoms with E-state index < -0.39 is 36.1 Å². The molecular weight excluding hydrogens is 457 g/mol. The Labute approximate surface area is 176 Å². The molecule has 6 nitrogen and oxygen atoms in total. The number of alkyl halides is 3. The van der Waals surface area contributed by atoms with Crippen LogP contribution in [0, 0.1) is 0 Å². The zero-order valence-electron chi connectivity index (χ0n) is 15.8. The molecule has 0 bridgehead atoms. The van der Waals surface area contributed by atoms with Crippen molar-refractivity contribution in [3.05, 3.63) is 72.8 Å². The quantitative estimate of drug-likeness (QED) is 0.390. The molecule has 0 heterocycles. The number of sulfone groups is 1. The van der Waals surface area contributed by atoms with E-state index in [-0.39, 0.29) is 4.90 Å². The van der Waals surface area contributed by atoms with Crippen LogP contribution in [0.5, 0.6) is 11.5 Å². The topological polar surface area (TPSA) is 86.7 Å². The first-order valence-corrected chi connectivity index (χ1v) is 11.4. The summed E-state index contributed by atoms with van der Waals surface area (Å²) in [5.41, 5.74) is -4.24. The highest BCUT2D eigenvalue weighted by molar-refractivity contribution is 7.91. The molecule has 0 N–H and O–H groups in total. The minimum absolute atomic E-state index is 0.245. The van der Waals surface area contributed by atoms with E-state index >= 15 is 0 Å². The van der Waals surface area contributed by atoms with E-state index in [9.17, 15) is 30.0 Å². The fraction of sp³-hybridized carbons (Fsp3) is 0.100. The molecule has 0 saturated carbocycles. The third-order valence-electron chi connectivity index (χ3n) is 4.21. The van der Waals surface area contributed by atoms with Crippen molar-refractivity contribution < 1.29 is 38.9 Å². The van der Waals surface area contributed by atoms with Crippen LogP contribution in [0.25, 0.3) is 11.1 Å². The lowest BCUT2D eigenvalue weighted by Crippen LogP contribution is -2.28. The van der Waals surface area contributed by atoms with Gasteiger partial charge in [0.15, 0.2) is 5.75 Å². The normalized spacial score (nSPS) is 12.4. The Hall–Kier alpha value is -3.05. The van der Waals surface area contributed by atoms with Gasteiger partial charge in [0, 0.05) is 0 Å². The first-order chi connectivity index (χ1) is 14.5. The van der Waals surface area contributed by atoms with Crippen LogP contribution >= 0.6 is 0 Å². The van der Waals surface area contributed by atoms with Crippen LogP contribution in [0.3, 0.4) is 0 Å². The Morgan fingerprint density at radius 2 is 1.26 bits per heavy atom. The number of hydrogen-bond acceptors (Lipinski definition) is 6. The van der Waals surface area contributed by atoms with E-state index in [4.69, 9.17) is 4.74 Å². The molecule has 0 radical (unpaired) electrons. The van der Waals surface area contributed by atoms with Crippen LogP contribution in [0.4, 0.5) is 13.2 Å². The summed E-state index contributed by atoms with van der Waals surface area (Å²) in [6, 6.07) is 16.8. The molecule has 0 aliphatic carbocycles. The van der Waals surface area contributed by atoms with Crippen molar-refractivity contribution in [2.45, 2.75) is 15.3 Å². The van der Waals surface area contributed by atoms with Gasteiger partial charge in [0.25, 0.3) is 0 Å². The summed E-state index contributed by atoms with van der Waals surface area (Å²) < 4.78 is 95.7. The summed E-state index contributed by atoms with van der Waals surface area (Å²) in [5.74, 6) is -0.299. The molecule has 0 spiro atoms. The van der Waals surface area contributed by atoms with Gasteiger partial charge < -0.3 is 8.92 Å². The van der Waals surface area contributed by atoms with Crippen molar-refractivity contribution >= 4 is 20.0 Å². The Bertz CT molecular complexity index is 1280. The van der Waals surface area contributed by atoms with E-state index in [0.717, 1.165) is 23.8 Å². The lowest BCUT2D eigenvalue weighted by molar-refractivity contribution is -0.0500. The second kappa shape index (κ2) is 8.23. The molecule has 3 rings (SSSR count). The number of hydrogen-bond donors (Lipinski definition) is 0. The van der Waals surface area contributed by atoms with E-state index in [1.165, 1.54) is 37.4 Å². The van der Waals surface area contributed by atoms with Crippen molar-refractivity contribution in [1.29, 1.82) is 0 Å². The molecule has 164 valence electrons. The number of ether oxygens (including phenoxy) is 1. The predicted molar refractivity (Wildman–Crippen MR) is 106 cm³/mol. The Kier molecular flexibility index (Phi) is 6.01. The highest BCUT2D eigenvalue weighted by atomic mass is 32.2. The average molecular weight is 472 g/mol. The number of halogens is 3. The zero-order valence-corrected chi connectivity index (χ0v) is 17.5. The molecule has 3 aromatic rings. The van der Waals surface area contributed by atoms with Crippen LogP contribution in [0.15, 0.2) is 82.6 Å². The minimum Gasteiger partial charge on any atom is -0.497 e. The summed E-state index contributed by atoms with van der Waals surface area (Å²) in [6.45, 7) is 0. The third-order valence-corrected chi connectivity index (χ3v) is 6.98. The largest absolute Gasteiger partial charge is 0.534 e. The number of para-hydroxylation sites is 1. The lowest BCUT2D eigenvalue weighted by atomic mass is 10.1. The van der Waals surface area contributed by atoms with E-state index in [1.54, 1.807) is 24.3 Å². The van der Waals surface area contributed by atoms with Gasteiger partial charge in [0.2, 0.25) is 9.84 Å². The van der Waals surface area contributed by atoms with Crippen LogP contribution in [-0.2, 0) is 20.0 Å². The number of methoxy groups -OCH3 is 1. The zero-order chi connectivity index (χ0) is 22.9. The highest BCUT2D eigenvalue weighted by Gasteiger charge is 2.49. The molecule has 0 amide bonds. The van der Waals surface area contributed by atoms with E-state index in [1.807, 2.05) is 0 Å². The molecule has 0 aromatic heterocycles. The van der Waals surface area contributed by atoms with Crippen molar-refractivity contribution in [2.75, 3.05) is 7.11 Å². The molecule has 0 aliphatic heterocycles. The van der Waals surface area contributed by atoms with E-state index in [2.05, 4.69) is 4.18 Å². The van der Waals surface area contributed by atoms with Gasteiger partial charge >= 0.3 is 15.6 Å². The second-order valence-electron chi connectivity index (χ2n) is 6.19. The number of rotatable bonds is 6. The van der Waals surface area contributed by atoms with Gasteiger partial charge in [0.1, 0.15) is 10.6 Å². The van der Waals surface area contributed by atoms with Gasteiger partial charge in [-0.15, -0.1) is 0 Å². The molecule has 0 saturated heterocycles. The lowest BCUT2D eigenvalue weighted by Gasteiger charge is -2.13. The molecule has 11 heteroatoms. The average Bonchev–Trinajstić information content (AvgIpc) is 2.73. The monoisotopic (exact) mass is 472 g/mol. The Balaban J connectivity index is 1.97.